The van der Waals surface area contributed by atoms with Gasteiger partial charge >= 0.3 is 12.1 Å². The largest absolute Gasteiger partial charge is 0.488 e. The molecule has 1 aromatic heterocycles. The molecule has 9 heteroatoms. The zero-order valence-electron chi connectivity index (χ0n) is 21.9. The van der Waals surface area contributed by atoms with E-state index in [1.807, 2.05) is 42.5 Å². The van der Waals surface area contributed by atoms with Gasteiger partial charge in [-0.05, 0) is 76.7 Å². The van der Waals surface area contributed by atoms with Gasteiger partial charge in [0.25, 0.3) is 0 Å². The van der Waals surface area contributed by atoms with Crippen LogP contribution in [0, 0.1) is 0 Å². The molecule has 1 N–H and O–H groups in total. The van der Waals surface area contributed by atoms with Gasteiger partial charge in [-0.2, -0.15) is 13.2 Å². The summed E-state index contributed by atoms with van der Waals surface area (Å²) in [6, 6.07) is 21.7. The molecule has 0 unspecified atom stereocenters. The van der Waals surface area contributed by atoms with Crippen LogP contribution in [0.15, 0.2) is 91.1 Å². The lowest BCUT2D eigenvalue weighted by molar-refractivity contribution is -0.139. The predicted molar refractivity (Wildman–Crippen MR) is 151 cm³/mol. The number of alkyl halides is 3. The zero-order chi connectivity index (χ0) is 28.8. The molecule has 0 bridgehead atoms. The minimum atomic E-state index is -4.53. The van der Waals surface area contributed by atoms with E-state index in [1.54, 1.807) is 12.1 Å². The van der Waals surface area contributed by atoms with Gasteiger partial charge in [-0.25, -0.2) is 9.78 Å². The summed E-state index contributed by atoms with van der Waals surface area (Å²) >= 11 is 6.04. The molecule has 0 spiro atoms. The average Bonchev–Trinajstić information content (AvgIpc) is 2.99. The van der Waals surface area contributed by atoms with Crippen LogP contribution >= 0.6 is 11.6 Å². The van der Waals surface area contributed by atoms with Crippen LogP contribution in [0.5, 0.6) is 5.75 Å². The fourth-order valence-electron chi connectivity index (χ4n) is 4.73. The van der Waals surface area contributed by atoms with Crippen LogP contribution < -0.4 is 10.1 Å². The van der Waals surface area contributed by atoms with Crippen molar-refractivity contribution in [2.45, 2.75) is 25.8 Å². The predicted octanol–water partition coefficient (Wildman–Crippen LogP) is 7.73. The molecule has 41 heavy (non-hydrogen) atoms. The van der Waals surface area contributed by atoms with Crippen LogP contribution in [0.25, 0.3) is 16.7 Å². The smallest absolute Gasteiger partial charge is 0.419 e. The Labute approximate surface area is 240 Å². The minimum absolute atomic E-state index is 0.0103. The normalized spacial score (nSPS) is 13.4. The Balaban J connectivity index is 1.45. The SMILES string of the molecule is O=C(OCc1ccccc1-c1ccc(C2=CCNCC2)c(COc2ccccc2C(F)(F)F)c1)c1cccnc1Cl. The molecule has 2 heterocycles. The first kappa shape index (κ1) is 28.4. The van der Waals surface area contributed by atoms with Crippen molar-refractivity contribution in [2.24, 2.45) is 0 Å². The Kier molecular flexibility index (Phi) is 8.71. The zero-order valence-corrected chi connectivity index (χ0v) is 22.6. The molecule has 1 aliphatic rings. The maximum absolute atomic E-state index is 13.6. The third kappa shape index (κ3) is 6.78. The highest BCUT2D eigenvalue weighted by atomic mass is 35.5. The van der Waals surface area contributed by atoms with Gasteiger partial charge in [0, 0.05) is 12.7 Å². The number of carbonyl (C=O) groups excluding carboxylic acids is 1. The highest BCUT2D eigenvalue weighted by Crippen LogP contribution is 2.37. The number of hydrogen-bond acceptors (Lipinski definition) is 5. The third-order valence-electron chi connectivity index (χ3n) is 6.76. The average molecular weight is 579 g/mol. The first-order chi connectivity index (χ1) is 19.8. The molecular weight excluding hydrogens is 553 g/mol. The van der Waals surface area contributed by atoms with Gasteiger partial charge in [0.1, 0.15) is 24.1 Å². The van der Waals surface area contributed by atoms with E-state index in [0.717, 1.165) is 52.4 Å². The van der Waals surface area contributed by atoms with E-state index in [9.17, 15) is 18.0 Å². The van der Waals surface area contributed by atoms with E-state index in [2.05, 4.69) is 16.4 Å². The van der Waals surface area contributed by atoms with Gasteiger partial charge in [-0.1, -0.05) is 66.2 Å². The first-order valence-electron chi connectivity index (χ1n) is 13.0. The van der Waals surface area contributed by atoms with Crippen LogP contribution in [0.4, 0.5) is 13.2 Å². The molecular formula is C32H26ClF3N2O3. The lowest BCUT2D eigenvalue weighted by atomic mass is 9.91. The molecule has 0 amide bonds. The number of halogens is 4. The summed E-state index contributed by atoms with van der Waals surface area (Å²) in [6.07, 6.45) is -0.173. The summed E-state index contributed by atoms with van der Waals surface area (Å²) in [4.78, 5) is 16.5. The highest BCUT2D eigenvalue weighted by molar-refractivity contribution is 6.32. The molecule has 210 valence electrons. The van der Waals surface area contributed by atoms with E-state index >= 15 is 0 Å². The van der Waals surface area contributed by atoms with Crippen molar-refractivity contribution in [3.63, 3.8) is 0 Å². The molecule has 3 aromatic carbocycles. The van der Waals surface area contributed by atoms with Crippen molar-refractivity contribution < 1.29 is 27.4 Å². The fraction of sp³-hybridized carbons (Fsp3) is 0.188. The molecule has 0 atom stereocenters. The lowest BCUT2D eigenvalue weighted by Gasteiger charge is -2.20. The number of hydrogen-bond donors (Lipinski definition) is 1. The van der Waals surface area contributed by atoms with E-state index in [1.165, 1.54) is 24.4 Å². The quantitative estimate of drug-likeness (QED) is 0.171. The van der Waals surface area contributed by atoms with Crippen LogP contribution in [-0.4, -0.2) is 24.0 Å². The topological polar surface area (TPSA) is 60.5 Å². The van der Waals surface area contributed by atoms with E-state index < -0.39 is 17.7 Å². The number of esters is 1. The van der Waals surface area contributed by atoms with Crippen LogP contribution in [-0.2, 0) is 24.1 Å². The van der Waals surface area contributed by atoms with Crippen molar-refractivity contribution in [1.82, 2.24) is 10.3 Å². The van der Waals surface area contributed by atoms with Crippen LogP contribution in [0.1, 0.15) is 39.0 Å². The Hall–Kier alpha value is -4.14. The number of aromatic nitrogens is 1. The number of benzene rings is 3. The molecule has 0 saturated carbocycles. The van der Waals surface area contributed by atoms with E-state index in [-0.39, 0.29) is 29.7 Å². The van der Waals surface area contributed by atoms with Crippen molar-refractivity contribution in [3.05, 3.63) is 124 Å². The van der Waals surface area contributed by atoms with E-state index in [0.29, 0.717) is 6.54 Å². The minimum Gasteiger partial charge on any atom is -0.488 e. The number of nitrogens with one attached hydrogen (secondary N) is 1. The summed E-state index contributed by atoms with van der Waals surface area (Å²) in [5.74, 6) is -0.819. The molecule has 0 aliphatic carbocycles. The third-order valence-corrected chi connectivity index (χ3v) is 7.06. The maximum atomic E-state index is 13.6. The van der Waals surface area contributed by atoms with Gasteiger partial charge in [0.2, 0.25) is 0 Å². The Bertz CT molecular complexity index is 1590. The number of carbonyl (C=O) groups is 1. The standard InChI is InChI=1S/C32H26ClF3N2O3/c33-30-27(8-5-15-38-30)31(39)41-19-23-6-1-2-7-25(23)22-11-12-26(21-13-16-37-17-14-21)24(18-22)20-40-29-10-4-3-9-28(29)32(34,35)36/h1-13,15,18,37H,14,16-17,19-20H2. The molecule has 5 nitrogen and oxygen atoms in total. The number of rotatable bonds is 8. The monoisotopic (exact) mass is 578 g/mol. The lowest BCUT2D eigenvalue weighted by Crippen LogP contribution is -2.20. The van der Waals surface area contributed by atoms with Crippen LogP contribution in [0.3, 0.4) is 0 Å². The fourth-order valence-corrected chi connectivity index (χ4v) is 4.93. The van der Waals surface area contributed by atoms with Gasteiger partial charge in [-0.15, -0.1) is 0 Å². The second-order valence-electron chi connectivity index (χ2n) is 9.41. The molecule has 0 saturated heterocycles. The Morgan fingerprint density at radius 3 is 2.51 bits per heavy atom. The van der Waals surface area contributed by atoms with Crippen LogP contribution in [0.2, 0.25) is 5.15 Å². The van der Waals surface area contributed by atoms with Crippen molar-refractivity contribution in [2.75, 3.05) is 13.1 Å². The second kappa shape index (κ2) is 12.6. The van der Waals surface area contributed by atoms with Crippen molar-refractivity contribution in [1.29, 1.82) is 0 Å². The summed E-state index contributed by atoms with van der Waals surface area (Å²) < 4.78 is 52.1. The molecule has 5 rings (SSSR count). The first-order valence-corrected chi connectivity index (χ1v) is 13.4. The summed E-state index contributed by atoms with van der Waals surface area (Å²) in [5, 5.41) is 3.34. The highest BCUT2D eigenvalue weighted by Gasteiger charge is 2.34. The second-order valence-corrected chi connectivity index (χ2v) is 9.77. The van der Waals surface area contributed by atoms with Gasteiger partial charge in [-0.3, -0.25) is 0 Å². The Morgan fingerprint density at radius 1 is 0.927 bits per heavy atom. The molecule has 0 radical (unpaired) electrons. The molecule has 1 aliphatic heterocycles. The van der Waals surface area contributed by atoms with Gasteiger partial charge < -0.3 is 14.8 Å². The van der Waals surface area contributed by atoms with Crippen molar-refractivity contribution in [3.8, 4) is 16.9 Å². The Morgan fingerprint density at radius 2 is 1.73 bits per heavy atom. The van der Waals surface area contributed by atoms with Gasteiger partial charge in [0.05, 0.1) is 11.1 Å². The van der Waals surface area contributed by atoms with Gasteiger partial charge in [0.15, 0.2) is 0 Å². The molecule has 4 aromatic rings. The van der Waals surface area contributed by atoms with E-state index in [4.69, 9.17) is 21.1 Å². The number of pyridine rings is 1. The number of ether oxygens (including phenoxy) is 2. The number of para-hydroxylation sites is 1. The summed E-state index contributed by atoms with van der Waals surface area (Å²) in [7, 11) is 0. The summed E-state index contributed by atoms with van der Waals surface area (Å²) in [5.41, 5.74) is 4.52. The molecule has 0 fully saturated rings. The maximum Gasteiger partial charge on any atom is 0.419 e. The number of nitrogens with zero attached hydrogens (tertiary/aromatic N) is 1. The summed E-state index contributed by atoms with van der Waals surface area (Å²) in [6.45, 7) is 1.45. The van der Waals surface area contributed by atoms with Crippen molar-refractivity contribution >= 4 is 23.1 Å².